The number of carbonyl (C=O) groups is 5. The van der Waals surface area contributed by atoms with Crippen molar-refractivity contribution in [2.45, 2.75) is 169 Å². The molecule has 3 aliphatic carbocycles. The zero-order valence-electron chi connectivity index (χ0n) is 41.8. The van der Waals surface area contributed by atoms with Gasteiger partial charge in [0.2, 0.25) is 11.8 Å². The first-order valence-electron chi connectivity index (χ1n) is 23.1. The molecule has 4 amide bonds. The van der Waals surface area contributed by atoms with Gasteiger partial charge >= 0.3 is 18.2 Å². The van der Waals surface area contributed by atoms with Crippen molar-refractivity contribution in [3.05, 3.63) is 66.9 Å². The van der Waals surface area contributed by atoms with Crippen molar-refractivity contribution in [1.29, 1.82) is 0 Å². The molecule has 6 fully saturated rings. The normalized spacial score (nSPS) is 28.2. The first-order chi connectivity index (χ1) is 31.8. The lowest BCUT2D eigenvalue weighted by molar-refractivity contribution is -0.142. The number of anilines is 3. The number of pyridine rings is 3. The highest BCUT2D eigenvalue weighted by Gasteiger charge is 2.66. The molecule has 3 aromatic heterocycles. The number of amides is 4. The van der Waals surface area contributed by atoms with Gasteiger partial charge in [-0.15, -0.1) is 12.4 Å². The minimum atomic E-state index is -0.940. The van der Waals surface area contributed by atoms with Gasteiger partial charge in [0.1, 0.15) is 54.5 Å². The summed E-state index contributed by atoms with van der Waals surface area (Å²) >= 11 is 9.84. The fourth-order valence-corrected chi connectivity index (χ4v) is 10.1. The Hall–Kier alpha value is -4.11. The van der Waals surface area contributed by atoms with Gasteiger partial charge in [0, 0.05) is 18.1 Å². The van der Waals surface area contributed by atoms with Crippen LogP contribution in [0.1, 0.15) is 118 Å². The lowest BCUT2D eigenvalue weighted by Gasteiger charge is -2.29. The van der Waals surface area contributed by atoms with E-state index in [-0.39, 0.29) is 53.2 Å². The SMILES string of the molecule is CC(C)(C)OC(=O)N1[C@H](C(=O)O)C[C@@]2(C)C[C@@H]12.Cc1ccc(Br)nc1N.Cc1ccc(Br)nc1NC(=O)[C@@H]1C[C@@]2(C)C[C@H]2N1.Cc1ccc(Br)nc1NC(=O)[C@@H]1C[C@@]2(C)C[C@H]2N1C(=O)OC(C)(C)C.Cl. The van der Waals surface area contributed by atoms with Crippen molar-refractivity contribution in [2.24, 2.45) is 16.2 Å². The van der Waals surface area contributed by atoms with E-state index in [1.165, 1.54) is 11.3 Å². The maximum atomic E-state index is 12.9. The number of fused-ring (bicyclic) bond motifs is 3. The zero-order chi connectivity index (χ0) is 51.3. The summed E-state index contributed by atoms with van der Waals surface area (Å²) in [6.45, 7) is 23.0. The number of hydrogen-bond acceptors (Lipinski definition) is 12. The van der Waals surface area contributed by atoms with Crippen molar-refractivity contribution in [2.75, 3.05) is 16.4 Å². The topological polar surface area (TPSA) is 231 Å². The van der Waals surface area contributed by atoms with Crippen molar-refractivity contribution >= 4 is 108 Å². The molecule has 9 rings (SSSR count). The highest BCUT2D eigenvalue weighted by Crippen LogP contribution is 2.60. The molecule has 0 bridgehead atoms. The molecule has 0 unspecified atom stereocenters. The van der Waals surface area contributed by atoms with Crippen LogP contribution < -0.4 is 21.7 Å². The van der Waals surface area contributed by atoms with E-state index in [1.807, 2.05) is 84.9 Å². The average Bonchev–Trinajstić information content (AvgIpc) is 4.12. The number of carboxylic acids is 1. The molecular weight excluding hydrogens is 1120 g/mol. The van der Waals surface area contributed by atoms with Gasteiger partial charge in [-0.05, 0) is 200 Å². The molecule has 6 aliphatic rings. The molecule has 17 nitrogen and oxygen atoms in total. The molecule has 3 saturated carbocycles. The average molecular weight is 1190 g/mol. The standard InChI is InChI=1S/C18H24BrN3O3.C13H16BrN3O.C12H19NO4.C6H7BrN2.ClH/c1-10-6-7-13(19)20-14(10)21-15(23)11-8-18(5)9-12(18)22(11)16(24)25-17(2,3)4;1-7-3-4-10(14)16-11(7)17-12(18)8-5-13(2)6-9(13)15-8;1-11(2,3)17-10(16)13-7(9(14)15)5-12(4)6-8(12)13;1-4-2-3-5(7)9-6(4)8;/h6-7,11-12H,8-9H2,1-5H3,(H,20,21,23);3-4,8-9,15H,5-6H2,1-2H3,(H,16,17,18);7-8H,5-6H2,1-4H3,(H,14,15);2-3H,1H3,(H2,8,9);1H/t11-,12+,18-;8-,9+,13-;7-,8+,12-;;/m000../s1. The number of ether oxygens (including phenoxy) is 2. The van der Waals surface area contributed by atoms with Crippen LogP contribution in [-0.2, 0) is 23.9 Å². The van der Waals surface area contributed by atoms with Crippen LogP contribution in [-0.4, -0.2) is 107 Å². The number of piperidine rings is 3. The summed E-state index contributed by atoms with van der Waals surface area (Å²) in [6.07, 6.45) is 4.19. The predicted octanol–water partition coefficient (Wildman–Crippen LogP) is 10.1. The van der Waals surface area contributed by atoms with E-state index in [0.29, 0.717) is 46.4 Å². The van der Waals surface area contributed by atoms with E-state index in [2.05, 4.69) is 92.5 Å². The Labute approximate surface area is 442 Å². The largest absolute Gasteiger partial charge is 0.480 e. The Balaban J connectivity index is 0.000000182. The Bertz CT molecular complexity index is 2510. The van der Waals surface area contributed by atoms with Crippen molar-refractivity contribution in [3.8, 4) is 0 Å². The summed E-state index contributed by atoms with van der Waals surface area (Å²) in [5, 5.41) is 18.3. The molecule has 0 spiro atoms. The van der Waals surface area contributed by atoms with Gasteiger partial charge in [-0.2, -0.15) is 0 Å². The Morgan fingerprint density at radius 2 is 1.06 bits per heavy atom. The number of aryl methyl sites for hydroxylation is 3. The minimum absolute atomic E-state index is 0. The van der Waals surface area contributed by atoms with E-state index in [1.54, 1.807) is 25.7 Å². The molecule has 3 saturated heterocycles. The number of likely N-dealkylation sites (tertiary alicyclic amines) is 2. The molecular formula is C49H67Br3ClN9O8. The number of carbonyl (C=O) groups excluding carboxylic acids is 4. The molecule has 6 heterocycles. The maximum Gasteiger partial charge on any atom is 0.411 e. The highest BCUT2D eigenvalue weighted by atomic mass is 79.9. The number of carboxylic acid groups (broad SMARTS) is 1. The van der Waals surface area contributed by atoms with Gasteiger partial charge in [0.25, 0.3) is 0 Å². The van der Waals surface area contributed by atoms with Crippen LogP contribution in [0.4, 0.5) is 27.0 Å². The highest BCUT2D eigenvalue weighted by molar-refractivity contribution is 9.11. The summed E-state index contributed by atoms with van der Waals surface area (Å²) in [6, 6.07) is 10.6. The van der Waals surface area contributed by atoms with E-state index in [9.17, 15) is 24.0 Å². The van der Waals surface area contributed by atoms with Gasteiger partial charge < -0.3 is 36.3 Å². The monoisotopic (exact) mass is 1180 g/mol. The number of nitrogen functional groups attached to an aromatic ring is 1. The third-order valence-electron chi connectivity index (χ3n) is 13.5. The summed E-state index contributed by atoms with van der Waals surface area (Å²) in [5.41, 5.74) is 7.50. The summed E-state index contributed by atoms with van der Waals surface area (Å²) in [7, 11) is 0. The number of nitrogens with zero attached hydrogens (tertiary/aromatic N) is 5. The van der Waals surface area contributed by atoms with E-state index < -0.39 is 41.4 Å². The van der Waals surface area contributed by atoms with E-state index >= 15 is 0 Å². The quantitative estimate of drug-likeness (QED) is 0.150. The fourth-order valence-electron chi connectivity index (χ4n) is 9.17. The van der Waals surface area contributed by atoms with Crippen LogP contribution in [0.2, 0.25) is 0 Å². The zero-order valence-corrected chi connectivity index (χ0v) is 47.4. The molecule has 3 aliphatic heterocycles. The Morgan fingerprint density at radius 3 is 1.46 bits per heavy atom. The third kappa shape index (κ3) is 13.9. The van der Waals surface area contributed by atoms with Gasteiger partial charge in [-0.25, -0.2) is 29.3 Å². The Morgan fingerprint density at radius 1 is 0.643 bits per heavy atom. The van der Waals surface area contributed by atoms with Crippen LogP contribution in [0, 0.1) is 37.0 Å². The molecule has 9 atom stereocenters. The van der Waals surface area contributed by atoms with Crippen molar-refractivity contribution in [3.63, 3.8) is 0 Å². The van der Waals surface area contributed by atoms with Gasteiger partial charge in [0.05, 0.1) is 6.04 Å². The maximum absolute atomic E-state index is 12.9. The number of rotatable bonds is 5. The number of halogens is 4. The second kappa shape index (κ2) is 21.2. The van der Waals surface area contributed by atoms with Crippen LogP contribution in [0.25, 0.3) is 0 Å². The van der Waals surface area contributed by atoms with E-state index in [0.717, 1.165) is 45.2 Å². The van der Waals surface area contributed by atoms with Crippen LogP contribution in [0.5, 0.6) is 0 Å². The number of aliphatic carboxylic acids is 1. The van der Waals surface area contributed by atoms with Crippen LogP contribution in [0.3, 0.4) is 0 Å². The first kappa shape index (κ1) is 56.8. The minimum Gasteiger partial charge on any atom is -0.480 e. The molecule has 0 radical (unpaired) electrons. The molecule has 21 heteroatoms. The van der Waals surface area contributed by atoms with Gasteiger partial charge in [-0.1, -0.05) is 39.0 Å². The lowest BCUT2D eigenvalue weighted by Crippen LogP contribution is -2.47. The number of aromatic nitrogens is 3. The second-order valence-corrected chi connectivity index (χ2v) is 24.5. The predicted molar refractivity (Wildman–Crippen MR) is 281 cm³/mol. The number of nitrogens with two attached hydrogens (primary N) is 1. The fraction of sp³-hybridized carbons (Fsp3) is 0.592. The lowest BCUT2D eigenvalue weighted by atomic mass is 10.0. The number of nitrogens with one attached hydrogen (secondary N) is 3. The molecule has 70 heavy (non-hydrogen) atoms. The van der Waals surface area contributed by atoms with Crippen molar-refractivity contribution in [1.82, 2.24) is 30.1 Å². The molecule has 6 N–H and O–H groups in total. The third-order valence-corrected chi connectivity index (χ3v) is 14.8. The van der Waals surface area contributed by atoms with Crippen molar-refractivity contribution < 1.29 is 38.6 Å². The van der Waals surface area contributed by atoms with Gasteiger partial charge in [0.15, 0.2) is 0 Å². The van der Waals surface area contributed by atoms with Crippen LogP contribution in [0.15, 0.2) is 50.2 Å². The van der Waals surface area contributed by atoms with E-state index in [4.69, 9.17) is 20.3 Å². The molecule has 384 valence electrons. The smallest absolute Gasteiger partial charge is 0.411 e. The van der Waals surface area contributed by atoms with Crippen LogP contribution >= 0.6 is 60.2 Å². The summed E-state index contributed by atoms with van der Waals surface area (Å²) in [4.78, 5) is 76.4. The molecule has 0 aromatic carbocycles. The first-order valence-corrected chi connectivity index (χ1v) is 25.5. The van der Waals surface area contributed by atoms with Gasteiger partial charge in [-0.3, -0.25) is 19.4 Å². The summed E-state index contributed by atoms with van der Waals surface area (Å²) in [5.74, 6) is 0.606. The number of hydrogen-bond donors (Lipinski definition) is 5. The molecule has 3 aromatic rings. The Kier molecular flexibility index (Phi) is 17.2. The second-order valence-electron chi connectivity index (χ2n) is 22.0. The summed E-state index contributed by atoms with van der Waals surface area (Å²) < 4.78 is 13.0.